The number of rotatable bonds is 5. The first kappa shape index (κ1) is 14.5. The molecule has 0 saturated carbocycles. The van der Waals surface area contributed by atoms with Crippen molar-refractivity contribution in [3.8, 4) is 11.9 Å². The molecule has 0 bridgehead atoms. The molecule has 0 amide bonds. The van der Waals surface area contributed by atoms with Crippen molar-refractivity contribution in [1.82, 2.24) is 19.7 Å². The third kappa shape index (κ3) is 3.54. The van der Waals surface area contributed by atoms with Crippen molar-refractivity contribution in [3.05, 3.63) is 30.2 Å². The van der Waals surface area contributed by atoms with Gasteiger partial charge in [-0.3, -0.25) is 4.79 Å². The molecule has 108 valence electrons. The van der Waals surface area contributed by atoms with Crippen LogP contribution in [0.3, 0.4) is 0 Å². The largest absolute Gasteiger partial charge is 0.465 e. The monoisotopic (exact) mass is 286 g/mol. The molecular weight excluding hydrogens is 272 g/mol. The highest BCUT2D eigenvalue weighted by Gasteiger charge is 2.12. The number of nitrogens with zero attached hydrogens (tertiary/aromatic N) is 6. The molecule has 21 heavy (non-hydrogen) atoms. The molecule has 0 spiro atoms. The Morgan fingerprint density at radius 3 is 3.05 bits per heavy atom. The number of carbonyl (C=O) groups is 1. The Balaban J connectivity index is 2.17. The number of aromatic nitrogens is 4. The van der Waals surface area contributed by atoms with Crippen molar-refractivity contribution in [2.75, 3.05) is 25.1 Å². The fraction of sp³-hybridized carbons (Fsp3) is 0.308. The molecular formula is C13H14N6O2. The molecule has 0 aliphatic heterocycles. The van der Waals surface area contributed by atoms with E-state index in [0.717, 1.165) is 0 Å². The molecule has 0 radical (unpaired) electrons. The second-order valence-electron chi connectivity index (χ2n) is 4.16. The van der Waals surface area contributed by atoms with Gasteiger partial charge in [0.05, 0.1) is 24.6 Å². The third-order valence-electron chi connectivity index (χ3n) is 2.59. The van der Waals surface area contributed by atoms with Crippen LogP contribution in [0.25, 0.3) is 5.82 Å². The van der Waals surface area contributed by atoms with E-state index in [1.807, 2.05) is 6.07 Å². The zero-order chi connectivity index (χ0) is 15.2. The SMILES string of the molecule is CCOC(=O)CN(C)c1nccc(-n2cc(C#N)cn2)n1. The van der Waals surface area contributed by atoms with Crippen LogP contribution in [-0.4, -0.2) is 45.9 Å². The van der Waals surface area contributed by atoms with Crippen LogP contribution in [0.4, 0.5) is 5.95 Å². The lowest BCUT2D eigenvalue weighted by Crippen LogP contribution is -2.28. The smallest absolute Gasteiger partial charge is 0.325 e. The van der Waals surface area contributed by atoms with E-state index in [0.29, 0.717) is 23.9 Å². The molecule has 2 aromatic rings. The average Bonchev–Trinajstić information content (AvgIpc) is 2.96. The summed E-state index contributed by atoms with van der Waals surface area (Å²) in [6, 6.07) is 3.66. The number of carbonyl (C=O) groups excluding carboxylic acids is 1. The first-order valence-electron chi connectivity index (χ1n) is 6.29. The number of esters is 1. The minimum Gasteiger partial charge on any atom is -0.465 e. The average molecular weight is 286 g/mol. The zero-order valence-electron chi connectivity index (χ0n) is 11.7. The molecule has 0 aromatic carbocycles. The van der Waals surface area contributed by atoms with E-state index in [2.05, 4.69) is 15.1 Å². The van der Waals surface area contributed by atoms with Crippen LogP contribution >= 0.6 is 0 Å². The van der Waals surface area contributed by atoms with Gasteiger partial charge in [-0.2, -0.15) is 15.3 Å². The second-order valence-corrected chi connectivity index (χ2v) is 4.16. The van der Waals surface area contributed by atoms with E-state index in [9.17, 15) is 4.79 Å². The lowest BCUT2D eigenvalue weighted by Gasteiger charge is -2.16. The normalized spacial score (nSPS) is 9.95. The number of anilines is 1. The summed E-state index contributed by atoms with van der Waals surface area (Å²) in [5.41, 5.74) is 0.440. The Hall–Kier alpha value is -2.95. The molecule has 0 saturated heterocycles. The minimum absolute atomic E-state index is 0.0554. The van der Waals surface area contributed by atoms with E-state index >= 15 is 0 Å². The van der Waals surface area contributed by atoms with Gasteiger partial charge in [0.25, 0.3) is 0 Å². The molecule has 8 heteroatoms. The lowest BCUT2D eigenvalue weighted by atomic mass is 10.4. The molecule has 0 N–H and O–H groups in total. The van der Waals surface area contributed by atoms with E-state index < -0.39 is 0 Å². The van der Waals surface area contributed by atoms with Gasteiger partial charge in [0, 0.05) is 19.3 Å². The molecule has 0 unspecified atom stereocenters. The van der Waals surface area contributed by atoms with Gasteiger partial charge in [0.1, 0.15) is 12.6 Å². The zero-order valence-corrected chi connectivity index (χ0v) is 11.7. The summed E-state index contributed by atoms with van der Waals surface area (Å²) in [6.07, 6.45) is 4.58. The Bertz CT molecular complexity index is 675. The maximum Gasteiger partial charge on any atom is 0.325 e. The first-order chi connectivity index (χ1) is 10.1. The predicted octanol–water partition coefficient (Wildman–Crippen LogP) is 0.533. The van der Waals surface area contributed by atoms with Crippen molar-refractivity contribution >= 4 is 11.9 Å². The topological polar surface area (TPSA) is 96.9 Å². The number of ether oxygens (including phenoxy) is 1. The van der Waals surface area contributed by atoms with Gasteiger partial charge in [-0.15, -0.1) is 0 Å². The van der Waals surface area contributed by atoms with Gasteiger partial charge < -0.3 is 9.64 Å². The van der Waals surface area contributed by atoms with Gasteiger partial charge in [0.15, 0.2) is 5.82 Å². The van der Waals surface area contributed by atoms with Crippen molar-refractivity contribution in [3.63, 3.8) is 0 Å². The Morgan fingerprint density at radius 2 is 2.38 bits per heavy atom. The van der Waals surface area contributed by atoms with Crippen molar-refractivity contribution < 1.29 is 9.53 Å². The summed E-state index contributed by atoms with van der Waals surface area (Å²) in [7, 11) is 1.69. The van der Waals surface area contributed by atoms with E-state index in [1.54, 1.807) is 37.3 Å². The fourth-order valence-electron chi connectivity index (χ4n) is 1.63. The molecule has 2 aromatic heterocycles. The number of nitriles is 1. The molecule has 2 rings (SSSR count). The molecule has 0 aliphatic rings. The van der Waals surface area contributed by atoms with Gasteiger partial charge in [-0.1, -0.05) is 0 Å². The third-order valence-corrected chi connectivity index (χ3v) is 2.59. The standard InChI is InChI=1S/C13H14N6O2/c1-3-21-12(20)9-18(2)13-15-5-4-11(17-13)19-8-10(6-14)7-16-19/h4-5,7-8H,3,9H2,1-2H3. The summed E-state index contributed by atoms with van der Waals surface area (Å²) < 4.78 is 6.35. The van der Waals surface area contributed by atoms with E-state index in [1.165, 1.54) is 10.9 Å². The highest BCUT2D eigenvalue weighted by molar-refractivity contribution is 5.74. The Morgan fingerprint density at radius 1 is 1.57 bits per heavy atom. The second kappa shape index (κ2) is 6.47. The highest BCUT2D eigenvalue weighted by atomic mass is 16.5. The van der Waals surface area contributed by atoms with Crippen LogP contribution in [-0.2, 0) is 9.53 Å². The highest BCUT2D eigenvalue weighted by Crippen LogP contribution is 2.09. The Labute approximate surface area is 121 Å². The summed E-state index contributed by atoms with van der Waals surface area (Å²) in [5, 5.41) is 12.8. The molecule has 0 atom stereocenters. The van der Waals surface area contributed by atoms with Crippen molar-refractivity contribution in [2.45, 2.75) is 6.92 Å². The van der Waals surface area contributed by atoms with Crippen LogP contribution in [0.1, 0.15) is 12.5 Å². The van der Waals surface area contributed by atoms with Crippen LogP contribution < -0.4 is 4.90 Å². The van der Waals surface area contributed by atoms with Crippen molar-refractivity contribution in [1.29, 1.82) is 5.26 Å². The number of hydrogen-bond donors (Lipinski definition) is 0. The van der Waals surface area contributed by atoms with Gasteiger partial charge in [-0.05, 0) is 6.92 Å². The summed E-state index contributed by atoms with van der Waals surface area (Å²) in [6.45, 7) is 2.14. The van der Waals surface area contributed by atoms with E-state index in [-0.39, 0.29) is 12.5 Å². The first-order valence-corrected chi connectivity index (χ1v) is 6.29. The molecule has 0 fully saturated rings. The maximum absolute atomic E-state index is 11.5. The Kier molecular flexibility index (Phi) is 4.46. The fourth-order valence-corrected chi connectivity index (χ4v) is 1.63. The predicted molar refractivity (Wildman–Crippen MR) is 73.8 cm³/mol. The summed E-state index contributed by atoms with van der Waals surface area (Å²) in [4.78, 5) is 21.4. The lowest BCUT2D eigenvalue weighted by molar-refractivity contribution is -0.141. The van der Waals surface area contributed by atoms with Gasteiger partial charge >= 0.3 is 5.97 Å². The molecule has 0 aliphatic carbocycles. The van der Waals surface area contributed by atoms with Gasteiger partial charge in [0.2, 0.25) is 5.95 Å². The quantitative estimate of drug-likeness (QED) is 0.739. The molecule has 2 heterocycles. The van der Waals surface area contributed by atoms with Crippen LogP contribution in [0.5, 0.6) is 0 Å². The van der Waals surface area contributed by atoms with Crippen LogP contribution in [0.15, 0.2) is 24.7 Å². The van der Waals surface area contributed by atoms with Crippen molar-refractivity contribution in [2.24, 2.45) is 0 Å². The summed E-state index contributed by atoms with van der Waals surface area (Å²) in [5.74, 6) is 0.534. The van der Waals surface area contributed by atoms with Crippen LogP contribution in [0.2, 0.25) is 0 Å². The molecule has 8 nitrogen and oxygen atoms in total. The van der Waals surface area contributed by atoms with Crippen LogP contribution in [0, 0.1) is 11.3 Å². The number of likely N-dealkylation sites (N-methyl/N-ethyl adjacent to an activating group) is 1. The summed E-state index contributed by atoms with van der Waals surface area (Å²) >= 11 is 0. The minimum atomic E-state index is -0.347. The number of hydrogen-bond acceptors (Lipinski definition) is 7. The van der Waals surface area contributed by atoms with Gasteiger partial charge in [-0.25, -0.2) is 9.67 Å². The maximum atomic E-state index is 11.5. The van der Waals surface area contributed by atoms with E-state index in [4.69, 9.17) is 10.00 Å².